The molecule has 0 aliphatic carbocycles. The molecular weight excluding hydrogens is 324 g/mol. The summed E-state index contributed by atoms with van der Waals surface area (Å²) in [6, 6.07) is 19.9. The minimum atomic E-state index is -0.113. The van der Waals surface area contributed by atoms with E-state index in [-0.39, 0.29) is 11.9 Å². The van der Waals surface area contributed by atoms with Crippen LogP contribution >= 0.6 is 0 Å². The summed E-state index contributed by atoms with van der Waals surface area (Å²) in [5.74, 6) is 1.48. The van der Waals surface area contributed by atoms with Crippen molar-refractivity contribution in [2.24, 2.45) is 5.92 Å². The molecular formula is C22H28N2O2. The summed E-state index contributed by atoms with van der Waals surface area (Å²) in [4.78, 5) is 14.8. The summed E-state index contributed by atoms with van der Waals surface area (Å²) in [7, 11) is 0. The number of rotatable bonds is 7. The van der Waals surface area contributed by atoms with Crippen LogP contribution in [-0.4, -0.2) is 36.5 Å². The molecule has 0 spiro atoms. The molecule has 138 valence electrons. The summed E-state index contributed by atoms with van der Waals surface area (Å²) in [6.45, 7) is 5.17. The fourth-order valence-corrected chi connectivity index (χ4v) is 3.41. The minimum absolute atomic E-state index is 0.0958. The zero-order valence-corrected chi connectivity index (χ0v) is 15.4. The fourth-order valence-electron chi connectivity index (χ4n) is 3.41. The molecule has 2 aromatic rings. The lowest BCUT2D eigenvalue weighted by molar-refractivity contribution is -0.126. The number of carbonyl (C=O) groups excluding carboxylic acids is 1. The van der Waals surface area contributed by atoms with Gasteiger partial charge in [0.25, 0.3) is 0 Å². The molecule has 1 amide bonds. The highest BCUT2D eigenvalue weighted by Gasteiger charge is 2.27. The van der Waals surface area contributed by atoms with E-state index in [0.717, 1.165) is 37.2 Å². The second-order valence-corrected chi connectivity index (χ2v) is 7.01. The van der Waals surface area contributed by atoms with E-state index in [1.807, 2.05) is 67.6 Å². The first-order valence-corrected chi connectivity index (χ1v) is 9.46. The number of nitrogens with zero attached hydrogens (tertiary/aromatic N) is 1. The van der Waals surface area contributed by atoms with Gasteiger partial charge in [0.2, 0.25) is 5.91 Å². The maximum Gasteiger partial charge on any atom is 0.237 e. The van der Waals surface area contributed by atoms with Crippen LogP contribution in [0.4, 0.5) is 0 Å². The number of ether oxygens (including phenoxy) is 1. The van der Waals surface area contributed by atoms with Crippen LogP contribution in [0, 0.1) is 5.92 Å². The van der Waals surface area contributed by atoms with E-state index in [0.29, 0.717) is 19.1 Å². The quantitative estimate of drug-likeness (QED) is 0.829. The van der Waals surface area contributed by atoms with E-state index in [1.54, 1.807) is 0 Å². The lowest BCUT2D eigenvalue weighted by atomic mass is 9.97. The molecule has 4 nitrogen and oxygen atoms in total. The Bertz CT molecular complexity index is 675. The fraction of sp³-hybridized carbons (Fsp3) is 0.409. The van der Waals surface area contributed by atoms with Crippen molar-refractivity contribution in [2.45, 2.75) is 32.4 Å². The van der Waals surface area contributed by atoms with Crippen molar-refractivity contribution < 1.29 is 9.53 Å². The van der Waals surface area contributed by atoms with Crippen LogP contribution in [0.5, 0.6) is 5.75 Å². The number of amides is 1. The Kier molecular flexibility index (Phi) is 6.67. The van der Waals surface area contributed by atoms with E-state index < -0.39 is 0 Å². The largest absolute Gasteiger partial charge is 0.493 e. The first-order valence-electron chi connectivity index (χ1n) is 9.46. The molecule has 2 atom stereocenters. The summed E-state index contributed by atoms with van der Waals surface area (Å²) in [6.07, 6.45) is 2.26. The molecule has 1 heterocycles. The molecule has 1 aliphatic heterocycles. The van der Waals surface area contributed by atoms with Gasteiger partial charge < -0.3 is 10.1 Å². The predicted molar refractivity (Wildman–Crippen MR) is 104 cm³/mol. The third-order valence-electron chi connectivity index (χ3n) is 5.02. The van der Waals surface area contributed by atoms with Gasteiger partial charge in [-0.3, -0.25) is 9.69 Å². The molecule has 1 N–H and O–H groups in total. The van der Waals surface area contributed by atoms with Gasteiger partial charge in [0.15, 0.2) is 0 Å². The Morgan fingerprint density at radius 2 is 1.85 bits per heavy atom. The van der Waals surface area contributed by atoms with E-state index in [9.17, 15) is 4.79 Å². The SMILES string of the molecule is CC(C(=O)NCc1ccccc1)N1CCCC(COc2ccccc2)C1. The second-order valence-electron chi connectivity index (χ2n) is 7.01. The molecule has 0 radical (unpaired) electrons. The molecule has 0 bridgehead atoms. The lowest BCUT2D eigenvalue weighted by Crippen LogP contribution is -2.49. The Morgan fingerprint density at radius 1 is 1.15 bits per heavy atom. The van der Waals surface area contributed by atoms with Crippen molar-refractivity contribution in [3.63, 3.8) is 0 Å². The van der Waals surface area contributed by atoms with Crippen LogP contribution < -0.4 is 10.1 Å². The summed E-state index contributed by atoms with van der Waals surface area (Å²) in [5, 5.41) is 3.06. The third-order valence-corrected chi connectivity index (χ3v) is 5.02. The molecule has 1 fully saturated rings. The molecule has 0 aromatic heterocycles. The molecule has 3 rings (SSSR count). The molecule has 1 aliphatic rings. The van der Waals surface area contributed by atoms with E-state index in [2.05, 4.69) is 10.2 Å². The number of benzene rings is 2. The predicted octanol–water partition coefficient (Wildman–Crippen LogP) is 3.48. The average molecular weight is 352 g/mol. The van der Waals surface area contributed by atoms with E-state index in [1.165, 1.54) is 0 Å². The van der Waals surface area contributed by atoms with Crippen molar-refractivity contribution in [1.82, 2.24) is 10.2 Å². The number of carbonyl (C=O) groups is 1. The van der Waals surface area contributed by atoms with E-state index >= 15 is 0 Å². The Morgan fingerprint density at radius 3 is 2.58 bits per heavy atom. The number of nitrogens with one attached hydrogen (secondary N) is 1. The van der Waals surface area contributed by atoms with Crippen molar-refractivity contribution in [3.05, 3.63) is 66.2 Å². The molecule has 1 saturated heterocycles. The van der Waals surface area contributed by atoms with Crippen LogP contribution in [0.2, 0.25) is 0 Å². The number of likely N-dealkylation sites (tertiary alicyclic amines) is 1. The van der Waals surface area contributed by atoms with Gasteiger partial charge in [-0.2, -0.15) is 0 Å². The number of para-hydroxylation sites is 1. The number of hydrogen-bond donors (Lipinski definition) is 1. The number of hydrogen-bond acceptors (Lipinski definition) is 3. The summed E-state index contributed by atoms with van der Waals surface area (Å²) >= 11 is 0. The Balaban J connectivity index is 1.46. The molecule has 4 heteroatoms. The van der Waals surface area contributed by atoms with Crippen molar-refractivity contribution in [2.75, 3.05) is 19.7 Å². The van der Waals surface area contributed by atoms with Gasteiger partial charge in [0, 0.05) is 19.0 Å². The van der Waals surface area contributed by atoms with Crippen LogP contribution in [-0.2, 0) is 11.3 Å². The van der Waals surface area contributed by atoms with Crippen LogP contribution in [0.1, 0.15) is 25.3 Å². The van der Waals surface area contributed by atoms with E-state index in [4.69, 9.17) is 4.74 Å². The lowest BCUT2D eigenvalue weighted by Gasteiger charge is -2.36. The monoisotopic (exact) mass is 352 g/mol. The van der Waals surface area contributed by atoms with Gasteiger partial charge in [0.1, 0.15) is 5.75 Å². The van der Waals surface area contributed by atoms with Crippen molar-refractivity contribution in [1.29, 1.82) is 0 Å². The van der Waals surface area contributed by atoms with Crippen LogP contribution in [0.25, 0.3) is 0 Å². The molecule has 0 saturated carbocycles. The van der Waals surface area contributed by atoms with Crippen LogP contribution in [0.3, 0.4) is 0 Å². The van der Waals surface area contributed by atoms with Crippen molar-refractivity contribution in [3.8, 4) is 5.75 Å². The van der Waals surface area contributed by atoms with Gasteiger partial charge in [0.05, 0.1) is 12.6 Å². The smallest absolute Gasteiger partial charge is 0.237 e. The normalized spacial score (nSPS) is 18.9. The molecule has 26 heavy (non-hydrogen) atoms. The minimum Gasteiger partial charge on any atom is -0.493 e. The highest BCUT2D eigenvalue weighted by atomic mass is 16.5. The average Bonchev–Trinajstić information content (AvgIpc) is 2.71. The Hall–Kier alpha value is -2.33. The maximum absolute atomic E-state index is 12.5. The zero-order valence-electron chi connectivity index (χ0n) is 15.4. The first kappa shape index (κ1) is 18.5. The second kappa shape index (κ2) is 9.39. The van der Waals surface area contributed by atoms with Gasteiger partial charge in [-0.05, 0) is 44.0 Å². The van der Waals surface area contributed by atoms with Gasteiger partial charge in [-0.1, -0.05) is 48.5 Å². The molecule has 2 aromatic carbocycles. The number of piperidine rings is 1. The summed E-state index contributed by atoms with van der Waals surface area (Å²) < 4.78 is 5.91. The molecule has 2 unspecified atom stereocenters. The highest BCUT2D eigenvalue weighted by molar-refractivity contribution is 5.81. The van der Waals surface area contributed by atoms with Gasteiger partial charge in [-0.25, -0.2) is 0 Å². The maximum atomic E-state index is 12.5. The standard InChI is InChI=1S/C22H28N2O2/c1-18(22(25)23-15-19-9-4-2-5-10-19)24-14-8-11-20(16-24)17-26-21-12-6-3-7-13-21/h2-7,9-10,12-13,18,20H,8,11,14-17H2,1H3,(H,23,25). The van der Waals surface area contributed by atoms with Gasteiger partial charge in [-0.15, -0.1) is 0 Å². The topological polar surface area (TPSA) is 41.6 Å². The van der Waals surface area contributed by atoms with Crippen molar-refractivity contribution >= 4 is 5.91 Å². The first-order chi connectivity index (χ1) is 12.7. The zero-order chi connectivity index (χ0) is 18.2. The van der Waals surface area contributed by atoms with Gasteiger partial charge >= 0.3 is 0 Å². The highest BCUT2D eigenvalue weighted by Crippen LogP contribution is 2.20. The Labute approximate surface area is 156 Å². The van der Waals surface area contributed by atoms with Crippen LogP contribution in [0.15, 0.2) is 60.7 Å². The summed E-state index contributed by atoms with van der Waals surface area (Å²) in [5.41, 5.74) is 1.13. The third kappa shape index (κ3) is 5.33.